The minimum absolute atomic E-state index is 0.237. The monoisotopic (exact) mass is 368 g/mol. The lowest BCUT2D eigenvalue weighted by molar-refractivity contribution is -0.0682. The lowest BCUT2D eigenvalue weighted by atomic mass is 9.91. The van der Waals surface area contributed by atoms with Crippen LogP contribution in [0.1, 0.15) is 32.1 Å². The molecule has 4 rings (SSSR count). The summed E-state index contributed by atoms with van der Waals surface area (Å²) in [7, 11) is 1.51. The molecule has 1 aliphatic carbocycles. The van der Waals surface area contributed by atoms with Crippen LogP contribution in [0.25, 0.3) is 22.6 Å². The van der Waals surface area contributed by atoms with Gasteiger partial charge in [0, 0.05) is 11.8 Å². The number of imidazole rings is 1. The van der Waals surface area contributed by atoms with Crippen LogP contribution >= 0.6 is 0 Å². The zero-order valence-electron chi connectivity index (χ0n) is 15.1. The van der Waals surface area contributed by atoms with E-state index in [0.717, 1.165) is 24.8 Å². The highest BCUT2D eigenvalue weighted by Gasteiger charge is 2.34. The summed E-state index contributed by atoms with van der Waals surface area (Å²) in [4.78, 5) is 13.1. The Hall–Kier alpha value is -2.80. The van der Waals surface area contributed by atoms with Crippen molar-refractivity contribution in [2.75, 3.05) is 7.11 Å². The van der Waals surface area contributed by atoms with Crippen molar-refractivity contribution in [3.05, 3.63) is 48.7 Å². The van der Waals surface area contributed by atoms with E-state index in [1.165, 1.54) is 19.2 Å². The quantitative estimate of drug-likeness (QED) is 0.759. The molecule has 0 unspecified atom stereocenters. The Morgan fingerprint density at radius 2 is 1.81 bits per heavy atom. The van der Waals surface area contributed by atoms with Crippen LogP contribution in [-0.2, 0) is 5.72 Å². The fraction of sp³-hybridized carbons (Fsp3) is 0.350. The molecule has 27 heavy (non-hydrogen) atoms. The van der Waals surface area contributed by atoms with E-state index in [-0.39, 0.29) is 11.8 Å². The van der Waals surface area contributed by atoms with Gasteiger partial charge in [-0.1, -0.05) is 6.42 Å². The third-order valence-electron chi connectivity index (χ3n) is 5.05. The summed E-state index contributed by atoms with van der Waals surface area (Å²) < 4.78 is 20.3. The molecule has 0 aliphatic heterocycles. The van der Waals surface area contributed by atoms with Crippen LogP contribution in [0.2, 0.25) is 0 Å². The average molecular weight is 368 g/mol. The number of benzene rings is 1. The molecule has 0 bridgehead atoms. The summed E-state index contributed by atoms with van der Waals surface area (Å²) in [6, 6.07) is 8.14. The van der Waals surface area contributed by atoms with Crippen LogP contribution in [0.15, 0.2) is 42.9 Å². The van der Waals surface area contributed by atoms with E-state index in [2.05, 4.69) is 15.0 Å². The molecule has 0 atom stereocenters. The van der Waals surface area contributed by atoms with Gasteiger partial charge in [-0.3, -0.25) is 4.57 Å². The maximum Gasteiger partial charge on any atom is 0.316 e. The Morgan fingerprint density at radius 3 is 2.52 bits per heavy atom. The Labute approximate surface area is 156 Å². The topological polar surface area (TPSA) is 73.1 Å². The second kappa shape index (κ2) is 7.08. The van der Waals surface area contributed by atoms with Crippen molar-refractivity contribution in [1.29, 1.82) is 0 Å². The first-order valence-electron chi connectivity index (χ1n) is 9.04. The lowest BCUT2D eigenvalue weighted by Crippen LogP contribution is -2.35. The highest BCUT2D eigenvalue weighted by Crippen LogP contribution is 2.39. The molecule has 0 spiro atoms. The van der Waals surface area contributed by atoms with Gasteiger partial charge in [0.2, 0.25) is 0 Å². The molecule has 1 aliphatic rings. The van der Waals surface area contributed by atoms with Gasteiger partial charge in [0.1, 0.15) is 11.5 Å². The molecule has 7 heteroatoms. The minimum Gasteiger partial charge on any atom is -0.467 e. The number of ether oxygens (including phenoxy) is 1. The van der Waals surface area contributed by atoms with Crippen LogP contribution in [0.3, 0.4) is 0 Å². The van der Waals surface area contributed by atoms with Gasteiger partial charge in [-0.15, -0.1) is 0 Å². The number of rotatable bonds is 4. The molecular weight excluding hydrogens is 347 g/mol. The summed E-state index contributed by atoms with van der Waals surface area (Å²) in [6.07, 6.45) is 7.58. The van der Waals surface area contributed by atoms with Crippen LogP contribution in [0.4, 0.5) is 4.39 Å². The number of nitrogens with zero attached hydrogens (tertiary/aromatic N) is 4. The van der Waals surface area contributed by atoms with E-state index in [1.54, 1.807) is 35.3 Å². The molecule has 1 aromatic carbocycles. The Morgan fingerprint density at radius 1 is 1.07 bits per heavy atom. The smallest absolute Gasteiger partial charge is 0.316 e. The fourth-order valence-electron chi connectivity index (χ4n) is 3.66. The van der Waals surface area contributed by atoms with Gasteiger partial charge < -0.3 is 9.84 Å². The molecule has 0 amide bonds. The molecule has 1 saturated carbocycles. The number of hydrogen-bond donors (Lipinski definition) is 1. The molecule has 2 aromatic heterocycles. The molecule has 6 nitrogen and oxygen atoms in total. The fourth-order valence-corrected chi connectivity index (χ4v) is 3.66. The van der Waals surface area contributed by atoms with E-state index in [0.29, 0.717) is 29.9 Å². The molecule has 3 aromatic rings. The molecule has 0 saturated heterocycles. The molecule has 1 fully saturated rings. The maximum absolute atomic E-state index is 13.4. The van der Waals surface area contributed by atoms with E-state index in [9.17, 15) is 9.50 Å². The van der Waals surface area contributed by atoms with Crippen molar-refractivity contribution >= 4 is 0 Å². The largest absolute Gasteiger partial charge is 0.467 e. The number of methoxy groups -OCH3 is 1. The zero-order valence-corrected chi connectivity index (χ0v) is 15.1. The van der Waals surface area contributed by atoms with Crippen molar-refractivity contribution in [1.82, 2.24) is 19.5 Å². The Bertz CT molecular complexity index is 933. The van der Waals surface area contributed by atoms with Crippen LogP contribution < -0.4 is 4.74 Å². The summed E-state index contributed by atoms with van der Waals surface area (Å²) >= 11 is 0. The van der Waals surface area contributed by atoms with E-state index in [1.807, 2.05) is 0 Å². The number of aliphatic hydroxyl groups is 1. The third-order valence-corrected chi connectivity index (χ3v) is 5.05. The van der Waals surface area contributed by atoms with Crippen LogP contribution in [0.5, 0.6) is 6.01 Å². The van der Waals surface area contributed by atoms with E-state index >= 15 is 0 Å². The second-order valence-corrected chi connectivity index (χ2v) is 6.79. The minimum atomic E-state index is -1.02. The average Bonchev–Trinajstić information content (AvgIpc) is 3.15. The van der Waals surface area contributed by atoms with Gasteiger partial charge in [-0.2, -0.15) is 4.98 Å². The highest BCUT2D eigenvalue weighted by atomic mass is 19.1. The molecule has 1 N–H and O–H groups in total. The van der Waals surface area contributed by atoms with Crippen molar-refractivity contribution in [3.8, 4) is 28.7 Å². The second-order valence-electron chi connectivity index (χ2n) is 6.79. The molecule has 0 radical (unpaired) electrons. The zero-order chi connectivity index (χ0) is 18.9. The van der Waals surface area contributed by atoms with Gasteiger partial charge >= 0.3 is 6.01 Å². The Balaban J connectivity index is 1.91. The van der Waals surface area contributed by atoms with Crippen molar-refractivity contribution in [2.45, 2.75) is 37.8 Å². The Kier molecular flexibility index (Phi) is 4.61. The summed E-state index contributed by atoms with van der Waals surface area (Å²) in [6.45, 7) is 0. The summed E-state index contributed by atoms with van der Waals surface area (Å²) in [5.74, 6) is -0.311. The SMILES string of the molecule is COc1nccc(-c2c(-c3ccc(F)cc3)ncn2C2(O)CCCCC2)n1. The summed E-state index contributed by atoms with van der Waals surface area (Å²) in [5.41, 5.74) is 1.64. The van der Waals surface area contributed by atoms with E-state index < -0.39 is 5.72 Å². The highest BCUT2D eigenvalue weighted by molar-refractivity contribution is 5.77. The molecular formula is C20H21FN4O2. The first-order valence-corrected chi connectivity index (χ1v) is 9.04. The first-order chi connectivity index (χ1) is 13.1. The number of hydrogen-bond acceptors (Lipinski definition) is 5. The number of halogens is 1. The maximum atomic E-state index is 13.4. The molecule has 140 valence electrons. The third kappa shape index (κ3) is 3.30. The van der Waals surface area contributed by atoms with Crippen molar-refractivity contribution in [3.63, 3.8) is 0 Å². The normalized spacial score (nSPS) is 16.3. The first kappa shape index (κ1) is 17.6. The predicted octanol–water partition coefficient (Wildman–Crippen LogP) is 3.76. The molecule has 2 heterocycles. The van der Waals surface area contributed by atoms with Gasteiger partial charge in [0.05, 0.1) is 30.5 Å². The van der Waals surface area contributed by atoms with Gasteiger partial charge in [-0.25, -0.2) is 14.4 Å². The van der Waals surface area contributed by atoms with Gasteiger partial charge in [0.15, 0.2) is 0 Å². The van der Waals surface area contributed by atoms with Crippen LogP contribution in [0, 0.1) is 5.82 Å². The van der Waals surface area contributed by atoms with Crippen molar-refractivity contribution < 1.29 is 14.2 Å². The lowest BCUT2D eigenvalue weighted by Gasteiger charge is -2.34. The predicted molar refractivity (Wildman–Crippen MR) is 98.5 cm³/mol. The standard InChI is InChI=1S/C20H21FN4O2/c1-27-19-22-12-9-16(24-19)18-17(14-5-7-15(21)8-6-14)23-13-25(18)20(26)10-3-2-4-11-20/h5-9,12-13,26H,2-4,10-11H2,1H3. The van der Waals surface area contributed by atoms with Crippen LogP contribution in [-0.4, -0.2) is 31.7 Å². The van der Waals surface area contributed by atoms with Crippen molar-refractivity contribution in [2.24, 2.45) is 0 Å². The van der Waals surface area contributed by atoms with E-state index in [4.69, 9.17) is 4.74 Å². The van der Waals surface area contributed by atoms with Gasteiger partial charge in [0.25, 0.3) is 0 Å². The number of aromatic nitrogens is 4. The summed E-state index contributed by atoms with van der Waals surface area (Å²) in [5, 5.41) is 11.3. The van der Waals surface area contributed by atoms with Gasteiger partial charge in [-0.05, 0) is 56.0 Å².